The highest BCUT2D eigenvalue weighted by Gasteiger charge is 1.99. The minimum atomic E-state index is 0.778. The molecule has 0 aromatic heterocycles. The van der Waals surface area contributed by atoms with E-state index in [-0.39, 0.29) is 0 Å². The van der Waals surface area contributed by atoms with Crippen LogP contribution in [0.15, 0.2) is 54.6 Å². The molecule has 0 atom stereocenters. The molecule has 2 radical (unpaired) electrons. The zero-order chi connectivity index (χ0) is 11.9. The van der Waals surface area contributed by atoms with Gasteiger partial charge in [0.15, 0.2) is 0 Å². The maximum atomic E-state index is 2.36. The third-order valence-corrected chi connectivity index (χ3v) is 4.03. The molecule has 17 heavy (non-hydrogen) atoms. The van der Waals surface area contributed by atoms with E-state index in [1.54, 1.807) is 0 Å². The Kier molecular flexibility index (Phi) is 4.57. The minimum absolute atomic E-state index is 0.778. The van der Waals surface area contributed by atoms with Gasteiger partial charge in [-0.1, -0.05) is 78.3 Å². The first-order chi connectivity index (χ1) is 8.38. The van der Waals surface area contributed by atoms with E-state index < -0.39 is 0 Å². The van der Waals surface area contributed by atoms with Crippen molar-refractivity contribution in [3.05, 3.63) is 60.2 Å². The lowest BCUT2D eigenvalue weighted by molar-refractivity contribution is 0.795. The molecule has 0 aliphatic carbocycles. The van der Waals surface area contributed by atoms with Gasteiger partial charge in [0.1, 0.15) is 9.52 Å². The topological polar surface area (TPSA) is 0 Å². The third kappa shape index (κ3) is 3.86. The first-order valence-electron chi connectivity index (χ1n) is 6.29. The number of hydrogen-bond donors (Lipinski definition) is 0. The van der Waals surface area contributed by atoms with Crippen LogP contribution >= 0.6 is 0 Å². The van der Waals surface area contributed by atoms with E-state index in [4.69, 9.17) is 0 Å². The molecule has 2 rings (SSSR count). The van der Waals surface area contributed by atoms with Gasteiger partial charge >= 0.3 is 0 Å². The molecule has 2 aromatic rings. The van der Waals surface area contributed by atoms with Crippen LogP contribution in [0.3, 0.4) is 0 Å². The van der Waals surface area contributed by atoms with Gasteiger partial charge in [0.25, 0.3) is 0 Å². The normalized spacial score (nSPS) is 10.4. The maximum absolute atomic E-state index is 2.36. The largest absolute Gasteiger partial charge is 0.121 e. The highest BCUT2D eigenvalue weighted by atomic mass is 28.2. The molecule has 0 spiro atoms. The number of aryl methyl sites for hydroxylation is 1. The Labute approximate surface area is 107 Å². The van der Waals surface area contributed by atoms with Crippen LogP contribution < -0.4 is 10.4 Å². The number of rotatable bonds is 5. The van der Waals surface area contributed by atoms with Crippen molar-refractivity contribution in [3.8, 4) is 0 Å². The fourth-order valence-corrected chi connectivity index (χ4v) is 3.00. The molecule has 0 aliphatic heterocycles. The van der Waals surface area contributed by atoms with Crippen LogP contribution in [-0.4, -0.2) is 9.52 Å². The van der Waals surface area contributed by atoms with E-state index in [0.29, 0.717) is 0 Å². The Morgan fingerprint density at radius 2 is 1.65 bits per heavy atom. The van der Waals surface area contributed by atoms with Crippen LogP contribution in [0.2, 0.25) is 0 Å². The lowest BCUT2D eigenvalue weighted by atomic mass is 10.1. The third-order valence-electron chi connectivity index (χ3n) is 2.81. The van der Waals surface area contributed by atoms with E-state index >= 15 is 0 Å². The molecular weight excluding hydrogens is 220 g/mol. The summed E-state index contributed by atoms with van der Waals surface area (Å²) in [6.45, 7) is 2.25. The molecule has 86 valence electrons. The van der Waals surface area contributed by atoms with E-state index in [2.05, 4.69) is 61.5 Å². The maximum Gasteiger partial charge on any atom is 0.121 e. The summed E-state index contributed by atoms with van der Waals surface area (Å²) >= 11 is 0. The number of unbranched alkanes of at least 4 members (excludes halogenated alkanes) is 1. The Morgan fingerprint density at radius 3 is 2.41 bits per heavy atom. The summed E-state index contributed by atoms with van der Waals surface area (Å²) in [7, 11) is 0.778. The molecule has 0 bridgehead atoms. The molecule has 0 fully saturated rings. The zero-order valence-corrected chi connectivity index (χ0v) is 11.3. The highest BCUT2D eigenvalue weighted by Crippen LogP contribution is 2.02. The highest BCUT2D eigenvalue weighted by molar-refractivity contribution is 6.67. The molecule has 0 aliphatic rings. The standard InChI is InChI=1S/C16H18Si/c1-2-3-8-14-9-7-12-16(13-14)17-15-10-5-4-6-11-15/h4-7,9-13H,2-3,8H2,1H3. The second kappa shape index (κ2) is 6.41. The second-order valence-electron chi connectivity index (χ2n) is 4.29. The summed E-state index contributed by atoms with van der Waals surface area (Å²) in [6.07, 6.45) is 3.77. The van der Waals surface area contributed by atoms with Gasteiger partial charge in [-0.15, -0.1) is 0 Å². The molecule has 0 unspecified atom stereocenters. The van der Waals surface area contributed by atoms with Crippen molar-refractivity contribution in [2.24, 2.45) is 0 Å². The van der Waals surface area contributed by atoms with Crippen molar-refractivity contribution >= 4 is 19.9 Å². The molecule has 0 N–H and O–H groups in total. The molecule has 0 heterocycles. The first kappa shape index (κ1) is 12.1. The van der Waals surface area contributed by atoms with Gasteiger partial charge in [0, 0.05) is 0 Å². The lowest BCUT2D eigenvalue weighted by Gasteiger charge is -2.04. The molecule has 0 nitrogen and oxygen atoms in total. The molecule has 2 aromatic carbocycles. The predicted octanol–water partition coefficient (Wildman–Crippen LogP) is 2.68. The van der Waals surface area contributed by atoms with Crippen molar-refractivity contribution in [1.82, 2.24) is 0 Å². The Balaban J connectivity index is 2.06. The van der Waals surface area contributed by atoms with E-state index in [1.807, 2.05) is 0 Å². The van der Waals surface area contributed by atoms with Gasteiger partial charge < -0.3 is 0 Å². The fourth-order valence-electron chi connectivity index (χ4n) is 1.87. The minimum Gasteiger partial charge on any atom is -0.0654 e. The van der Waals surface area contributed by atoms with Gasteiger partial charge in [-0.05, 0) is 18.4 Å². The van der Waals surface area contributed by atoms with E-state index in [0.717, 1.165) is 9.52 Å². The molecule has 0 saturated carbocycles. The summed E-state index contributed by atoms with van der Waals surface area (Å²) < 4.78 is 0. The fraction of sp³-hybridized carbons (Fsp3) is 0.250. The predicted molar refractivity (Wildman–Crippen MR) is 76.5 cm³/mol. The van der Waals surface area contributed by atoms with Gasteiger partial charge in [0.05, 0.1) is 0 Å². The summed E-state index contributed by atoms with van der Waals surface area (Å²) in [6, 6.07) is 19.7. The molecule has 1 heteroatoms. The average Bonchev–Trinajstić information content (AvgIpc) is 2.38. The second-order valence-corrected chi connectivity index (χ2v) is 5.70. The van der Waals surface area contributed by atoms with Crippen LogP contribution in [0.25, 0.3) is 0 Å². The summed E-state index contributed by atoms with van der Waals surface area (Å²) in [4.78, 5) is 0. The smallest absolute Gasteiger partial charge is 0.0654 e. The van der Waals surface area contributed by atoms with Gasteiger partial charge in [0.2, 0.25) is 0 Å². The first-order valence-corrected chi connectivity index (χ1v) is 7.29. The van der Waals surface area contributed by atoms with Crippen molar-refractivity contribution in [1.29, 1.82) is 0 Å². The number of benzene rings is 2. The van der Waals surface area contributed by atoms with Crippen LogP contribution in [0.1, 0.15) is 25.3 Å². The monoisotopic (exact) mass is 238 g/mol. The molecule has 0 saturated heterocycles. The van der Waals surface area contributed by atoms with Crippen molar-refractivity contribution < 1.29 is 0 Å². The molecular formula is C16H18Si. The summed E-state index contributed by atoms with van der Waals surface area (Å²) in [5, 5.41) is 2.87. The van der Waals surface area contributed by atoms with Crippen molar-refractivity contribution in [3.63, 3.8) is 0 Å². The Morgan fingerprint density at radius 1 is 0.882 bits per heavy atom. The van der Waals surface area contributed by atoms with Crippen LogP contribution in [-0.2, 0) is 6.42 Å². The number of hydrogen-bond acceptors (Lipinski definition) is 0. The zero-order valence-electron chi connectivity index (χ0n) is 10.3. The lowest BCUT2D eigenvalue weighted by Crippen LogP contribution is -2.26. The van der Waals surface area contributed by atoms with E-state index in [1.165, 1.54) is 35.2 Å². The van der Waals surface area contributed by atoms with E-state index in [9.17, 15) is 0 Å². The quantitative estimate of drug-likeness (QED) is 0.703. The average molecular weight is 238 g/mol. The van der Waals surface area contributed by atoms with Crippen LogP contribution in [0.5, 0.6) is 0 Å². The Bertz CT molecular complexity index is 448. The van der Waals surface area contributed by atoms with Gasteiger partial charge in [-0.3, -0.25) is 0 Å². The van der Waals surface area contributed by atoms with Crippen molar-refractivity contribution in [2.45, 2.75) is 26.2 Å². The van der Waals surface area contributed by atoms with Crippen molar-refractivity contribution in [2.75, 3.05) is 0 Å². The summed E-state index contributed by atoms with van der Waals surface area (Å²) in [5.74, 6) is 0. The SMILES string of the molecule is CCCCc1cccc([Si]c2ccccc2)c1. The molecule has 0 amide bonds. The van der Waals surface area contributed by atoms with Crippen LogP contribution in [0, 0.1) is 0 Å². The van der Waals surface area contributed by atoms with Crippen LogP contribution in [0.4, 0.5) is 0 Å². The van der Waals surface area contributed by atoms with Gasteiger partial charge in [-0.25, -0.2) is 0 Å². The summed E-state index contributed by atoms with van der Waals surface area (Å²) in [5.41, 5.74) is 1.48. The van der Waals surface area contributed by atoms with Gasteiger partial charge in [-0.2, -0.15) is 0 Å². The Hall–Kier alpha value is -1.34.